The zero-order valence-corrected chi connectivity index (χ0v) is 16.9. The Hall–Kier alpha value is -0.530. The summed E-state index contributed by atoms with van der Waals surface area (Å²) >= 11 is 0. The van der Waals surface area contributed by atoms with E-state index in [0.29, 0.717) is 13.2 Å². The van der Waals surface area contributed by atoms with Gasteiger partial charge in [-0.05, 0) is 44.2 Å². The van der Waals surface area contributed by atoms with Gasteiger partial charge in [-0.15, -0.1) is 0 Å². The van der Waals surface area contributed by atoms with E-state index < -0.39 is 0 Å². The summed E-state index contributed by atoms with van der Waals surface area (Å²) in [5.74, 6) is 1.66. The Balaban J connectivity index is 0.00000208. The normalized spacial score (nSPS) is 21.8. The molecule has 1 unspecified atom stereocenters. The van der Waals surface area contributed by atoms with E-state index in [1.807, 2.05) is 24.3 Å². The first kappa shape index (κ1) is 19.8. The lowest BCUT2D eigenvalue weighted by Crippen LogP contribution is -3.00. The molecular weight excluding hydrogens is 417 g/mol. The number of unbranched alkanes of at least 4 members (excludes halogenated alkanes) is 1. The smallest absolute Gasteiger partial charge is 0.161 e. The fraction of sp³-hybridized carbons (Fsp3) is 0.684. The monoisotopic (exact) mass is 447 g/mol. The maximum Gasteiger partial charge on any atom is 0.161 e. The number of hydrogen-bond donors (Lipinski definition) is 0. The predicted octanol–water partition coefficient (Wildman–Crippen LogP) is 0.258. The van der Waals surface area contributed by atoms with Crippen LogP contribution in [0.3, 0.4) is 0 Å². The third kappa shape index (κ3) is 5.77. The predicted molar refractivity (Wildman–Crippen MR) is 91.0 cm³/mol. The Labute approximate surface area is 163 Å². The van der Waals surface area contributed by atoms with Crippen molar-refractivity contribution in [1.82, 2.24) is 0 Å². The van der Waals surface area contributed by atoms with E-state index in [2.05, 4.69) is 7.05 Å². The quantitative estimate of drug-likeness (QED) is 0.341. The van der Waals surface area contributed by atoms with Gasteiger partial charge in [-0.3, -0.25) is 0 Å². The number of hydrogen-bond acceptors (Lipinski definition) is 3. The Kier molecular flexibility index (Phi) is 8.10. The number of nitrogens with zero attached hydrogens (tertiary/aromatic N) is 1. The van der Waals surface area contributed by atoms with Crippen LogP contribution in [-0.2, 0) is 4.74 Å². The lowest BCUT2D eigenvalue weighted by Gasteiger charge is -2.37. The lowest BCUT2D eigenvalue weighted by molar-refractivity contribution is -0.914. The highest BCUT2D eigenvalue weighted by atomic mass is 127. The molecule has 2 aliphatic heterocycles. The standard InChI is InChI=1S/C19H30NO3.HI/c1-20(11-5-2-6-12-20)13-7-8-14-21-15-17-16-22-18-9-3-4-10-19(18)23-17;/h3-4,9-10,17H,2,5-8,11-16H2,1H3;1H/q+1;/p-1. The SMILES string of the molecule is C[N+]1(CCCCOCC2COc3ccccc3O2)CCCCC1.[I-]. The molecule has 136 valence electrons. The van der Waals surface area contributed by atoms with Gasteiger partial charge in [-0.1, -0.05) is 12.1 Å². The van der Waals surface area contributed by atoms with Crippen molar-refractivity contribution in [1.29, 1.82) is 0 Å². The van der Waals surface area contributed by atoms with Gasteiger partial charge in [0.05, 0.1) is 33.3 Å². The molecule has 5 heteroatoms. The molecule has 0 spiro atoms. The molecule has 0 bridgehead atoms. The highest BCUT2D eigenvalue weighted by Gasteiger charge is 2.24. The van der Waals surface area contributed by atoms with Crippen LogP contribution in [0.1, 0.15) is 32.1 Å². The van der Waals surface area contributed by atoms with Crippen molar-refractivity contribution < 1.29 is 42.7 Å². The number of likely N-dealkylation sites (tertiary alicyclic amines) is 1. The molecule has 4 nitrogen and oxygen atoms in total. The van der Waals surface area contributed by atoms with E-state index in [9.17, 15) is 0 Å². The van der Waals surface area contributed by atoms with Gasteiger partial charge >= 0.3 is 0 Å². The minimum absolute atomic E-state index is 0. The van der Waals surface area contributed by atoms with Crippen LogP contribution in [0.15, 0.2) is 24.3 Å². The molecule has 1 saturated heterocycles. The van der Waals surface area contributed by atoms with Crippen LogP contribution in [0.4, 0.5) is 0 Å². The lowest BCUT2D eigenvalue weighted by atomic mass is 10.1. The third-order valence-electron chi connectivity index (χ3n) is 5.00. The van der Waals surface area contributed by atoms with Crippen molar-refractivity contribution >= 4 is 0 Å². The maximum absolute atomic E-state index is 5.90. The van der Waals surface area contributed by atoms with E-state index in [-0.39, 0.29) is 30.1 Å². The Bertz CT molecular complexity index is 491. The van der Waals surface area contributed by atoms with Crippen LogP contribution in [0.5, 0.6) is 11.5 Å². The van der Waals surface area contributed by atoms with Crippen molar-refractivity contribution in [2.45, 2.75) is 38.2 Å². The molecule has 0 radical (unpaired) electrons. The van der Waals surface area contributed by atoms with Gasteiger partial charge in [-0.2, -0.15) is 0 Å². The van der Waals surface area contributed by atoms with Crippen LogP contribution in [-0.4, -0.2) is 57.1 Å². The summed E-state index contributed by atoms with van der Waals surface area (Å²) in [6.07, 6.45) is 6.61. The van der Waals surface area contributed by atoms with Gasteiger partial charge in [0.15, 0.2) is 17.6 Å². The van der Waals surface area contributed by atoms with Crippen LogP contribution in [0, 0.1) is 0 Å². The number of benzene rings is 1. The van der Waals surface area contributed by atoms with E-state index in [0.717, 1.165) is 24.5 Å². The van der Waals surface area contributed by atoms with Gasteiger partial charge in [-0.25, -0.2) is 0 Å². The van der Waals surface area contributed by atoms with Crippen molar-refractivity contribution in [3.8, 4) is 11.5 Å². The van der Waals surface area contributed by atoms with Crippen LogP contribution in [0.2, 0.25) is 0 Å². The van der Waals surface area contributed by atoms with Crippen molar-refractivity contribution in [3.05, 3.63) is 24.3 Å². The maximum atomic E-state index is 5.90. The Morgan fingerprint density at radius 2 is 1.83 bits per heavy atom. The van der Waals surface area contributed by atoms with Gasteiger partial charge in [0.2, 0.25) is 0 Å². The average molecular weight is 447 g/mol. The summed E-state index contributed by atoms with van der Waals surface area (Å²) in [7, 11) is 2.41. The summed E-state index contributed by atoms with van der Waals surface area (Å²) in [4.78, 5) is 0. The molecule has 1 aromatic carbocycles. The number of fused-ring (bicyclic) bond motifs is 1. The summed E-state index contributed by atoms with van der Waals surface area (Å²) in [6.45, 7) is 6.01. The fourth-order valence-electron chi connectivity index (χ4n) is 3.56. The van der Waals surface area contributed by atoms with Crippen LogP contribution >= 0.6 is 0 Å². The minimum atomic E-state index is 0. The largest absolute Gasteiger partial charge is 1.00 e. The molecule has 1 aromatic rings. The summed E-state index contributed by atoms with van der Waals surface area (Å²) in [5.41, 5.74) is 0. The summed E-state index contributed by atoms with van der Waals surface area (Å²) in [5, 5.41) is 0. The number of halogens is 1. The molecule has 1 fully saturated rings. The minimum Gasteiger partial charge on any atom is -1.00 e. The molecule has 0 N–H and O–H groups in total. The molecule has 0 aliphatic carbocycles. The Morgan fingerprint density at radius 3 is 2.62 bits per heavy atom. The second-order valence-electron chi connectivity index (χ2n) is 7.13. The second kappa shape index (κ2) is 9.82. The molecule has 1 atom stereocenters. The molecule has 3 rings (SSSR count). The molecule has 2 aliphatic rings. The van der Waals surface area contributed by atoms with E-state index >= 15 is 0 Å². The number of piperidine rings is 1. The number of rotatable bonds is 7. The summed E-state index contributed by atoms with van der Waals surface area (Å²) in [6, 6.07) is 7.82. The van der Waals surface area contributed by atoms with Crippen molar-refractivity contribution in [3.63, 3.8) is 0 Å². The highest BCUT2D eigenvalue weighted by molar-refractivity contribution is 5.40. The first-order valence-electron chi connectivity index (χ1n) is 9.05. The van der Waals surface area contributed by atoms with E-state index in [4.69, 9.17) is 14.2 Å². The van der Waals surface area contributed by atoms with Gasteiger partial charge in [0, 0.05) is 6.61 Å². The van der Waals surface area contributed by atoms with Crippen LogP contribution < -0.4 is 33.5 Å². The van der Waals surface area contributed by atoms with Crippen molar-refractivity contribution in [2.24, 2.45) is 0 Å². The van der Waals surface area contributed by atoms with Gasteiger partial charge in [0.1, 0.15) is 6.61 Å². The number of quaternary nitrogens is 1. The Morgan fingerprint density at radius 1 is 1.08 bits per heavy atom. The summed E-state index contributed by atoms with van der Waals surface area (Å²) < 4.78 is 18.7. The number of ether oxygens (including phenoxy) is 3. The zero-order valence-electron chi connectivity index (χ0n) is 14.7. The second-order valence-corrected chi connectivity index (χ2v) is 7.13. The molecule has 2 heterocycles. The first-order chi connectivity index (χ1) is 11.3. The van der Waals surface area contributed by atoms with E-state index in [1.54, 1.807) is 0 Å². The molecule has 0 aromatic heterocycles. The highest BCUT2D eigenvalue weighted by Crippen LogP contribution is 2.30. The zero-order chi connectivity index (χ0) is 16.0. The molecular formula is C19H30INO3. The van der Waals surface area contributed by atoms with Crippen molar-refractivity contribution in [2.75, 3.05) is 46.5 Å². The van der Waals surface area contributed by atoms with Crippen LogP contribution in [0.25, 0.3) is 0 Å². The van der Waals surface area contributed by atoms with E-state index in [1.165, 1.54) is 49.8 Å². The average Bonchev–Trinajstić information content (AvgIpc) is 2.58. The first-order valence-corrected chi connectivity index (χ1v) is 9.05. The molecule has 0 amide bonds. The third-order valence-corrected chi connectivity index (χ3v) is 5.00. The van der Waals surface area contributed by atoms with Gasteiger partial charge in [0.25, 0.3) is 0 Å². The topological polar surface area (TPSA) is 27.7 Å². The molecule has 24 heavy (non-hydrogen) atoms. The fourth-order valence-corrected chi connectivity index (χ4v) is 3.56. The number of para-hydroxylation sites is 2. The van der Waals surface area contributed by atoms with Gasteiger partial charge < -0.3 is 42.7 Å². The molecule has 0 saturated carbocycles.